The van der Waals surface area contributed by atoms with E-state index < -0.39 is 11.5 Å². The number of hydrogen-bond acceptors (Lipinski definition) is 3. The minimum absolute atomic E-state index is 0.0274. The maximum atomic E-state index is 11.2. The first-order valence-corrected chi connectivity index (χ1v) is 2.95. The van der Waals surface area contributed by atoms with E-state index >= 15 is 0 Å². The quantitative estimate of drug-likeness (QED) is 0.415. The van der Waals surface area contributed by atoms with Gasteiger partial charge in [0.05, 0.1) is 13.2 Å². The van der Waals surface area contributed by atoms with Crippen LogP contribution in [0.5, 0.6) is 0 Å². The maximum absolute atomic E-state index is 11.2. The summed E-state index contributed by atoms with van der Waals surface area (Å²) < 4.78 is 29.1. The Morgan fingerprint density at radius 1 is 1.62 bits per heavy atom. The van der Waals surface area contributed by atoms with Crippen LogP contribution in [-0.4, -0.2) is 24.5 Å². The number of halogens is 1. The van der Waals surface area contributed by atoms with Crippen LogP contribution in [0.1, 0.15) is 0 Å². The second-order valence-electron chi connectivity index (χ2n) is 1.01. The Hall–Kier alpha value is -0.0000000000000000555. The van der Waals surface area contributed by atoms with Gasteiger partial charge < -0.3 is 4.74 Å². The molecule has 0 aliphatic heterocycles. The van der Waals surface area contributed by atoms with Crippen molar-refractivity contribution in [3.05, 3.63) is 0 Å². The molecule has 0 aromatic heterocycles. The van der Waals surface area contributed by atoms with Gasteiger partial charge in [0, 0.05) is 7.11 Å². The predicted octanol–water partition coefficient (Wildman–Crippen LogP) is 0.198. The third-order valence-electron chi connectivity index (χ3n) is 0.463. The molecule has 0 saturated heterocycles. The molecule has 0 heterocycles. The highest BCUT2D eigenvalue weighted by atomic mass is 32.2. The third-order valence-corrected chi connectivity index (χ3v) is 0.815. The zero-order valence-electron chi connectivity index (χ0n) is 4.43. The van der Waals surface area contributed by atoms with E-state index in [1.165, 1.54) is 7.11 Å². The van der Waals surface area contributed by atoms with Crippen molar-refractivity contribution in [3.8, 4) is 0 Å². The van der Waals surface area contributed by atoms with Crippen LogP contribution in [0.4, 0.5) is 3.89 Å². The lowest BCUT2D eigenvalue weighted by Gasteiger charge is -1.92. The Morgan fingerprint density at radius 2 is 2.25 bits per heavy atom. The number of hydrogen-bond donors (Lipinski definition) is 0. The molecule has 0 radical (unpaired) electrons. The molecule has 1 atom stereocenters. The Balaban J connectivity index is 2.82. The molecule has 0 rings (SSSR count). The highest BCUT2D eigenvalue weighted by Gasteiger charge is 1.91. The van der Waals surface area contributed by atoms with Gasteiger partial charge in [-0.15, -0.1) is 3.89 Å². The molecule has 0 aliphatic carbocycles. The zero-order valence-corrected chi connectivity index (χ0v) is 5.24. The van der Waals surface area contributed by atoms with Crippen molar-refractivity contribution in [2.45, 2.75) is 0 Å². The fraction of sp³-hybridized carbons (Fsp3) is 1.00. The van der Waals surface area contributed by atoms with Gasteiger partial charge in [-0.3, -0.25) is 4.18 Å². The summed E-state index contributed by atoms with van der Waals surface area (Å²) in [6, 6.07) is 0. The standard InChI is InChI=1S/C3H7FO3S/c1-6-2-3-7-8(4)5/h2-3H2,1H3. The van der Waals surface area contributed by atoms with Crippen LogP contribution in [0.25, 0.3) is 0 Å². The topological polar surface area (TPSA) is 35.5 Å². The Morgan fingerprint density at radius 3 is 2.62 bits per heavy atom. The molecule has 8 heavy (non-hydrogen) atoms. The zero-order chi connectivity index (χ0) is 6.41. The van der Waals surface area contributed by atoms with Crippen LogP contribution in [0.3, 0.4) is 0 Å². The summed E-state index contributed by atoms with van der Waals surface area (Å²) in [4.78, 5) is 0. The first-order valence-electron chi connectivity index (χ1n) is 1.97. The fourth-order valence-electron chi connectivity index (χ4n) is 0.183. The van der Waals surface area contributed by atoms with Crippen LogP contribution >= 0.6 is 0 Å². The SMILES string of the molecule is COCCOS(=O)F. The highest BCUT2D eigenvalue weighted by molar-refractivity contribution is 7.74. The lowest BCUT2D eigenvalue weighted by atomic mass is 10.8. The van der Waals surface area contributed by atoms with E-state index in [1.807, 2.05) is 0 Å². The molecule has 0 amide bonds. The lowest BCUT2D eigenvalue weighted by molar-refractivity contribution is 0.150. The van der Waals surface area contributed by atoms with E-state index in [9.17, 15) is 8.09 Å². The molecule has 5 heteroatoms. The molecule has 0 aliphatic rings. The summed E-state index contributed by atoms with van der Waals surface area (Å²) in [5.41, 5.74) is 0. The molecular formula is C3H7FO3S. The molecule has 0 aromatic carbocycles. The molecule has 0 aromatic rings. The molecule has 1 unspecified atom stereocenters. The molecule has 0 spiro atoms. The summed E-state index contributed by atoms with van der Waals surface area (Å²) in [6.07, 6.45) is 0. The van der Waals surface area contributed by atoms with Crippen LogP contribution in [0.15, 0.2) is 0 Å². The Kier molecular flexibility index (Phi) is 5.14. The fourth-order valence-corrected chi connectivity index (χ4v) is 0.382. The second kappa shape index (κ2) is 5.14. The molecule has 0 fully saturated rings. The van der Waals surface area contributed by atoms with Crippen LogP contribution in [-0.2, 0) is 20.4 Å². The Labute approximate surface area is 49.7 Å². The van der Waals surface area contributed by atoms with E-state index in [2.05, 4.69) is 8.92 Å². The minimum atomic E-state index is -2.65. The monoisotopic (exact) mass is 142 g/mol. The van der Waals surface area contributed by atoms with E-state index in [0.29, 0.717) is 0 Å². The van der Waals surface area contributed by atoms with Crippen molar-refractivity contribution < 1.29 is 17.0 Å². The van der Waals surface area contributed by atoms with Crippen molar-refractivity contribution in [2.24, 2.45) is 0 Å². The average Bonchev–Trinajstić information content (AvgIpc) is 1.66. The van der Waals surface area contributed by atoms with Crippen molar-refractivity contribution in [1.82, 2.24) is 0 Å². The largest absolute Gasteiger partial charge is 0.382 e. The van der Waals surface area contributed by atoms with Crippen LogP contribution < -0.4 is 0 Å². The number of methoxy groups -OCH3 is 1. The lowest BCUT2D eigenvalue weighted by Crippen LogP contribution is -2.00. The number of ether oxygens (including phenoxy) is 1. The van der Waals surface area contributed by atoms with Gasteiger partial charge >= 0.3 is 11.5 Å². The highest BCUT2D eigenvalue weighted by Crippen LogP contribution is 1.84. The van der Waals surface area contributed by atoms with Crippen molar-refractivity contribution in [1.29, 1.82) is 0 Å². The Bertz CT molecular complexity index is 76.9. The normalized spacial score (nSPS) is 13.8. The third kappa shape index (κ3) is 6.00. The first-order chi connectivity index (χ1) is 3.77. The molecule has 0 N–H and O–H groups in total. The van der Waals surface area contributed by atoms with Gasteiger partial charge in [-0.2, -0.15) is 4.21 Å². The molecule has 3 nitrogen and oxygen atoms in total. The second-order valence-corrected chi connectivity index (χ2v) is 1.63. The smallest absolute Gasteiger partial charge is 0.344 e. The maximum Gasteiger partial charge on any atom is 0.344 e. The van der Waals surface area contributed by atoms with Crippen LogP contribution in [0.2, 0.25) is 0 Å². The van der Waals surface area contributed by atoms with E-state index in [-0.39, 0.29) is 13.2 Å². The minimum Gasteiger partial charge on any atom is -0.382 e. The predicted molar refractivity (Wildman–Crippen MR) is 27.1 cm³/mol. The van der Waals surface area contributed by atoms with Gasteiger partial charge in [-0.25, -0.2) is 0 Å². The van der Waals surface area contributed by atoms with Gasteiger partial charge in [-0.05, 0) is 0 Å². The summed E-state index contributed by atoms with van der Waals surface area (Å²) in [5, 5.41) is 0. The van der Waals surface area contributed by atoms with Crippen molar-refractivity contribution in [2.75, 3.05) is 20.3 Å². The summed E-state index contributed by atoms with van der Waals surface area (Å²) in [6.45, 7) is 0.287. The van der Waals surface area contributed by atoms with Gasteiger partial charge in [0.25, 0.3) is 0 Å². The average molecular weight is 142 g/mol. The molecule has 0 saturated carbocycles. The van der Waals surface area contributed by atoms with Gasteiger partial charge in [-0.1, -0.05) is 0 Å². The first kappa shape index (κ1) is 8.00. The molecule has 50 valence electrons. The number of rotatable bonds is 4. The summed E-state index contributed by atoms with van der Waals surface area (Å²) in [7, 11) is 1.45. The summed E-state index contributed by atoms with van der Waals surface area (Å²) >= 11 is -2.65. The van der Waals surface area contributed by atoms with Crippen LogP contribution in [0, 0.1) is 0 Å². The summed E-state index contributed by atoms with van der Waals surface area (Å²) in [5.74, 6) is 0. The van der Waals surface area contributed by atoms with Gasteiger partial charge in [0.1, 0.15) is 0 Å². The van der Waals surface area contributed by atoms with Gasteiger partial charge in [0.15, 0.2) is 0 Å². The van der Waals surface area contributed by atoms with Crippen molar-refractivity contribution >= 4 is 11.5 Å². The van der Waals surface area contributed by atoms with E-state index in [4.69, 9.17) is 0 Å². The molecular weight excluding hydrogens is 135 g/mol. The van der Waals surface area contributed by atoms with Gasteiger partial charge in [0.2, 0.25) is 0 Å². The van der Waals surface area contributed by atoms with Crippen molar-refractivity contribution in [3.63, 3.8) is 0 Å². The van der Waals surface area contributed by atoms with E-state index in [0.717, 1.165) is 0 Å². The molecule has 0 bridgehead atoms. The van der Waals surface area contributed by atoms with E-state index in [1.54, 1.807) is 0 Å².